The average Bonchev–Trinajstić information content (AvgIpc) is 2.81. The lowest BCUT2D eigenvalue weighted by molar-refractivity contribution is -0.139. The highest BCUT2D eigenvalue weighted by Crippen LogP contribution is 2.24. The van der Waals surface area contributed by atoms with Crippen LogP contribution in [0.2, 0.25) is 0 Å². The number of aliphatic carboxylic acids is 1. The number of aromatic nitrogens is 1. The van der Waals surface area contributed by atoms with Gasteiger partial charge in [-0.2, -0.15) is 0 Å². The topological polar surface area (TPSA) is 91.4 Å². The number of benzene rings is 1. The molecule has 112 valence electrons. The Kier molecular flexibility index (Phi) is 3.88. The van der Waals surface area contributed by atoms with Gasteiger partial charge in [-0.25, -0.2) is 9.59 Å². The number of ether oxygens (including phenoxy) is 1. The van der Waals surface area contributed by atoms with E-state index in [9.17, 15) is 14.7 Å². The van der Waals surface area contributed by atoms with E-state index in [4.69, 9.17) is 4.74 Å². The number of fused-ring (bicyclic) bond motifs is 1. The highest BCUT2D eigenvalue weighted by atomic mass is 16.6. The van der Waals surface area contributed by atoms with Gasteiger partial charge >= 0.3 is 12.1 Å². The van der Waals surface area contributed by atoms with Crippen LogP contribution in [-0.4, -0.2) is 27.8 Å². The second-order valence-corrected chi connectivity index (χ2v) is 5.71. The molecule has 3 N–H and O–H groups in total. The van der Waals surface area contributed by atoms with E-state index in [0.717, 1.165) is 5.39 Å². The van der Waals surface area contributed by atoms with E-state index in [2.05, 4.69) is 10.3 Å². The fourth-order valence-corrected chi connectivity index (χ4v) is 2.05. The van der Waals surface area contributed by atoms with Gasteiger partial charge in [0.1, 0.15) is 5.60 Å². The Hall–Kier alpha value is -2.50. The standard InChI is InChI=1S/C15H18N2O4/c1-15(2,3)21-14(20)17-12(13(18)19)10-6-4-5-9-7-8-16-11(9)10/h4-8,12,16H,1-3H3,(H,17,20)(H,18,19). The highest BCUT2D eigenvalue weighted by Gasteiger charge is 2.27. The maximum absolute atomic E-state index is 11.8. The third-order valence-corrected chi connectivity index (χ3v) is 2.84. The van der Waals surface area contributed by atoms with Crippen LogP contribution in [0.5, 0.6) is 0 Å². The number of rotatable bonds is 3. The number of hydrogen-bond donors (Lipinski definition) is 3. The van der Waals surface area contributed by atoms with Gasteiger partial charge in [0.25, 0.3) is 0 Å². The number of amides is 1. The summed E-state index contributed by atoms with van der Waals surface area (Å²) in [5.41, 5.74) is 0.475. The summed E-state index contributed by atoms with van der Waals surface area (Å²) in [4.78, 5) is 26.3. The lowest BCUT2D eigenvalue weighted by Gasteiger charge is -2.22. The summed E-state index contributed by atoms with van der Waals surface area (Å²) in [7, 11) is 0. The molecule has 0 spiro atoms. The molecular weight excluding hydrogens is 272 g/mol. The molecule has 0 fully saturated rings. The van der Waals surface area contributed by atoms with Gasteiger partial charge in [0.15, 0.2) is 6.04 Å². The Bertz CT molecular complexity index is 670. The molecule has 2 rings (SSSR count). The van der Waals surface area contributed by atoms with E-state index in [0.29, 0.717) is 11.1 Å². The largest absolute Gasteiger partial charge is 0.479 e. The van der Waals surface area contributed by atoms with Gasteiger partial charge < -0.3 is 20.1 Å². The molecule has 6 heteroatoms. The van der Waals surface area contributed by atoms with Crippen molar-refractivity contribution >= 4 is 23.0 Å². The zero-order valence-electron chi connectivity index (χ0n) is 12.1. The Labute approximate surface area is 122 Å². The van der Waals surface area contributed by atoms with E-state index in [1.807, 2.05) is 12.1 Å². The lowest BCUT2D eigenvalue weighted by Crippen LogP contribution is -2.38. The Morgan fingerprint density at radius 2 is 2.00 bits per heavy atom. The molecular formula is C15H18N2O4. The maximum Gasteiger partial charge on any atom is 0.408 e. The van der Waals surface area contributed by atoms with Gasteiger partial charge in [-0.05, 0) is 32.2 Å². The van der Waals surface area contributed by atoms with Crippen LogP contribution in [0.3, 0.4) is 0 Å². The first kappa shape index (κ1) is 14.9. The summed E-state index contributed by atoms with van der Waals surface area (Å²) >= 11 is 0. The maximum atomic E-state index is 11.8. The van der Waals surface area contributed by atoms with Crippen molar-refractivity contribution in [3.05, 3.63) is 36.0 Å². The van der Waals surface area contributed by atoms with Crippen LogP contribution >= 0.6 is 0 Å². The van der Waals surface area contributed by atoms with Crippen LogP contribution in [0.15, 0.2) is 30.5 Å². The molecule has 1 unspecified atom stereocenters. The monoisotopic (exact) mass is 290 g/mol. The first-order valence-electron chi connectivity index (χ1n) is 6.56. The summed E-state index contributed by atoms with van der Waals surface area (Å²) < 4.78 is 5.11. The average molecular weight is 290 g/mol. The van der Waals surface area contributed by atoms with Crippen molar-refractivity contribution in [2.75, 3.05) is 0 Å². The van der Waals surface area contributed by atoms with E-state index < -0.39 is 23.7 Å². The number of H-pyrrole nitrogens is 1. The number of nitrogens with one attached hydrogen (secondary N) is 2. The van der Waals surface area contributed by atoms with Crippen LogP contribution in [0.4, 0.5) is 4.79 Å². The van der Waals surface area contributed by atoms with Crippen molar-refractivity contribution in [2.45, 2.75) is 32.4 Å². The second kappa shape index (κ2) is 5.47. The van der Waals surface area contributed by atoms with Crippen molar-refractivity contribution < 1.29 is 19.4 Å². The highest BCUT2D eigenvalue weighted by molar-refractivity contribution is 5.90. The summed E-state index contributed by atoms with van der Waals surface area (Å²) in [5, 5.41) is 12.7. The molecule has 0 bridgehead atoms. The zero-order chi connectivity index (χ0) is 15.6. The molecule has 0 saturated carbocycles. The van der Waals surface area contributed by atoms with E-state index in [1.165, 1.54) is 0 Å². The first-order chi connectivity index (χ1) is 9.78. The van der Waals surface area contributed by atoms with Crippen molar-refractivity contribution in [3.63, 3.8) is 0 Å². The van der Waals surface area contributed by atoms with Crippen molar-refractivity contribution in [3.8, 4) is 0 Å². The van der Waals surface area contributed by atoms with Crippen LogP contribution < -0.4 is 5.32 Å². The molecule has 6 nitrogen and oxygen atoms in total. The van der Waals surface area contributed by atoms with Gasteiger partial charge in [0.05, 0.1) is 5.52 Å². The summed E-state index contributed by atoms with van der Waals surface area (Å²) in [6.45, 7) is 5.15. The zero-order valence-corrected chi connectivity index (χ0v) is 12.1. The van der Waals surface area contributed by atoms with Gasteiger partial charge in [0, 0.05) is 11.8 Å². The van der Waals surface area contributed by atoms with Gasteiger partial charge in [-0.3, -0.25) is 0 Å². The smallest absolute Gasteiger partial charge is 0.408 e. The second-order valence-electron chi connectivity index (χ2n) is 5.71. The lowest BCUT2D eigenvalue weighted by atomic mass is 10.0. The van der Waals surface area contributed by atoms with E-state index in [-0.39, 0.29) is 0 Å². The Morgan fingerprint density at radius 3 is 2.62 bits per heavy atom. The molecule has 1 atom stereocenters. The molecule has 0 aliphatic heterocycles. The minimum atomic E-state index is -1.18. The van der Waals surface area contributed by atoms with Gasteiger partial charge in [0.2, 0.25) is 0 Å². The molecule has 1 aromatic carbocycles. The first-order valence-corrected chi connectivity index (χ1v) is 6.56. The molecule has 0 radical (unpaired) electrons. The number of carbonyl (C=O) groups excluding carboxylic acids is 1. The predicted molar refractivity (Wildman–Crippen MR) is 78.0 cm³/mol. The number of hydrogen-bond acceptors (Lipinski definition) is 3. The number of alkyl carbamates (subject to hydrolysis) is 1. The fraction of sp³-hybridized carbons (Fsp3) is 0.333. The molecule has 1 heterocycles. The minimum absolute atomic E-state index is 0.482. The third-order valence-electron chi connectivity index (χ3n) is 2.84. The summed E-state index contributed by atoms with van der Waals surface area (Å²) in [6.07, 6.45) is 0.957. The minimum Gasteiger partial charge on any atom is -0.479 e. The van der Waals surface area contributed by atoms with Crippen LogP contribution in [-0.2, 0) is 9.53 Å². The predicted octanol–water partition coefficient (Wildman–Crippen LogP) is 2.82. The normalized spacial score (nSPS) is 12.9. The number of carboxylic acids is 1. The third kappa shape index (κ3) is 3.53. The molecule has 0 aliphatic carbocycles. The van der Waals surface area contributed by atoms with Crippen LogP contribution in [0, 0.1) is 0 Å². The van der Waals surface area contributed by atoms with Gasteiger partial charge in [-0.1, -0.05) is 18.2 Å². The summed E-state index contributed by atoms with van der Waals surface area (Å²) in [6, 6.07) is 5.93. The van der Waals surface area contributed by atoms with Crippen LogP contribution in [0.25, 0.3) is 10.9 Å². The Balaban J connectivity index is 2.30. The van der Waals surface area contributed by atoms with Crippen molar-refractivity contribution in [1.29, 1.82) is 0 Å². The summed E-state index contributed by atoms with van der Waals surface area (Å²) in [5.74, 6) is -1.15. The van der Waals surface area contributed by atoms with Crippen molar-refractivity contribution in [1.82, 2.24) is 10.3 Å². The van der Waals surface area contributed by atoms with Gasteiger partial charge in [-0.15, -0.1) is 0 Å². The van der Waals surface area contributed by atoms with Crippen molar-refractivity contribution in [2.24, 2.45) is 0 Å². The molecule has 2 aromatic rings. The number of carbonyl (C=O) groups is 2. The molecule has 1 aromatic heterocycles. The molecule has 21 heavy (non-hydrogen) atoms. The number of carboxylic acid groups (broad SMARTS) is 1. The molecule has 0 saturated heterocycles. The van der Waals surface area contributed by atoms with E-state index >= 15 is 0 Å². The molecule has 1 amide bonds. The number of para-hydroxylation sites is 1. The number of aromatic amines is 1. The van der Waals surface area contributed by atoms with E-state index in [1.54, 1.807) is 39.1 Å². The SMILES string of the molecule is CC(C)(C)OC(=O)NC(C(=O)O)c1cccc2cc[nH]c12. The Morgan fingerprint density at radius 1 is 1.29 bits per heavy atom. The quantitative estimate of drug-likeness (QED) is 0.810. The fourth-order valence-electron chi connectivity index (χ4n) is 2.05. The molecule has 0 aliphatic rings. The van der Waals surface area contributed by atoms with Crippen LogP contribution in [0.1, 0.15) is 32.4 Å².